The summed E-state index contributed by atoms with van der Waals surface area (Å²) < 4.78 is 17.9. The molecule has 36 heavy (non-hydrogen) atoms. The molecule has 188 valence electrons. The molecule has 3 amide bonds. The number of fused-ring (bicyclic) bond motifs is 2. The molecule has 0 saturated heterocycles. The number of ether oxygens (including phenoxy) is 3. The Morgan fingerprint density at radius 1 is 1.00 bits per heavy atom. The van der Waals surface area contributed by atoms with E-state index in [4.69, 9.17) is 14.2 Å². The van der Waals surface area contributed by atoms with Crippen LogP contribution >= 0.6 is 0 Å². The van der Waals surface area contributed by atoms with Gasteiger partial charge in [0.25, 0.3) is 5.91 Å². The maximum absolute atomic E-state index is 12.5. The summed E-state index contributed by atoms with van der Waals surface area (Å²) in [7, 11) is 0. The van der Waals surface area contributed by atoms with Gasteiger partial charge in [-0.15, -0.1) is 0 Å². The van der Waals surface area contributed by atoms with Crippen LogP contribution < -0.4 is 25.8 Å². The van der Waals surface area contributed by atoms with Gasteiger partial charge in [0.15, 0.2) is 18.1 Å². The Morgan fingerprint density at radius 2 is 1.78 bits per heavy atom. The quantitative estimate of drug-likeness (QED) is 0.463. The first-order valence-electron chi connectivity index (χ1n) is 11.9. The van der Waals surface area contributed by atoms with Gasteiger partial charge in [0.05, 0.1) is 29.8 Å². The van der Waals surface area contributed by atoms with Crippen molar-refractivity contribution in [1.29, 1.82) is 0 Å². The molecule has 3 N–H and O–H groups in total. The topological polar surface area (TPSA) is 141 Å². The van der Waals surface area contributed by atoms with Gasteiger partial charge in [0, 0.05) is 24.2 Å². The van der Waals surface area contributed by atoms with Gasteiger partial charge in [-0.05, 0) is 43.2 Å². The largest absolute Gasteiger partial charge is 0.490 e. The monoisotopic (exact) mass is 494 g/mol. The van der Waals surface area contributed by atoms with Gasteiger partial charge in [-0.1, -0.05) is 12.8 Å². The lowest BCUT2D eigenvalue weighted by Gasteiger charge is -2.11. The van der Waals surface area contributed by atoms with Crippen LogP contribution in [0.4, 0.5) is 10.5 Å². The van der Waals surface area contributed by atoms with E-state index in [2.05, 4.69) is 15.6 Å². The number of imidazole rings is 1. The van der Waals surface area contributed by atoms with Crippen molar-refractivity contribution in [1.82, 2.24) is 14.9 Å². The predicted molar refractivity (Wildman–Crippen MR) is 130 cm³/mol. The third-order valence-corrected chi connectivity index (χ3v) is 6.23. The average Bonchev–Trinajstić information content (AvgIpc) is 3.42. The molecule has 11 nitrogen and oxygen atoms in total. The molecule has 1 aliphatic carbocycles. The van der Waals surface area contributed by atoms with Crippen molar-refractivity contribution in [3.8, 4) is 11.5 Å². The van der Waals surface area contributed by atoms with E-state index in [0.717, 1.165) is 37.6 Å². The number of esters is 1. The van der Waals surface area contributed by atoms with Crippen LogP contribution in [0, 0.1) is 0 Å². The van der Waals surface area contributed by atoms with E-state index in [1.165, 1.54) is 6.07 Å². The third kappa shape index (κ3) is 5.04. The molecule has 2 heterocycles. The second-order valence-corrected chi connectivity index (χ2v) is 8.76. The van der Waals surface area contributed by atoms with Crippen molar-refractivity contribution in [3.63, 3.8) is 0 Å². The Bertz CT molecular complexity index is 1370. The van der Waals surface area contributed by atoms with Crippen LogP contribution in [0.5, 0.6) is 11.5 Å². The number of aromatic nitrogens is 2. The van der Waals surface area contributed by atoms with Crippen molar-refractivity contribution < 1.29 is 28.6 Å². The summed E-state index contributed by atoms with van der Waals surface area (Å²) in [6.07, 6.45) is 4.84. The number of hydrogen-bond acceptors (Lipinski definition) is 7. The fourth-order valence-corrected chi connectivity index (χ4v) is 4.56. The average molecular weight is 495 g/mol. The molecule has 5 rings (SSSR count). The Morgan fingerprint density at radius 3 is 2.58 bits per heavy atom. The Hall–Kier alpha value is -4.28. The van der Waals surface area contributed by atoms with E-state index in [-0.39, 0.29) is 17.3 Å². The molecule has 1 aliphatic heterocycles. The van der Waals surface area contributed by atoms with E-state index >= 15 is 0 Å². The summed E-state index contributed by atoms with van der Waals surface area (Å²) in [4.78, 5) is 52.0. The lowest BCUT2D eigenvalue weighted by Crippen LogP contribution is -2.37. The summed E-state index contributed by atoms with van der Waals surface area (Å²) in [5.74, 6) is -0.455. The van der Waals surface area contributed by atoms with Gasteiger partial charge in [-0.2, -0.15) is 0 Å². The van der Waals surface area contributed by atoms with Crippen LogP contribution in [0.2, 0.25) is 0 Å². The molecule has 0 spiro atoms. The second-order valence-electron chi connectivity index (χ2n) is 8.76. The zero-order valence-corrected chi connectivity index (χ0v) is 19.5. The van der Waals surface area contributed by atoms with Gasteiger partial charge >= 0.3 is 17.7 Å². The van der Waals surface area contributed by atoms with Gasteiger partial charge in [0.2, 0.25) is 0 Å². The number of nitrogens with one attached hydrogen (secondary N) is 3. The lowest BCUT2D eigenvalue weighted by molar-refractivity contribution is -0.123. The summed E-state index contributed by atoms with van der Waals surface area (Å²) in [6, 6.07) is 9.06. The molecular weight excluding hydrogens is 468 g/mol. The number of aromatic amines is 1. The molecule has 0 unspecified atom stereocenters. The van der Waals surface area contributed by atoms with Crippen molar-refractivity contribution in [2.24, 2.45) is 0 Å². The van der Waals surface area contributed by atoms with E-state index in [1.807, 2.05) is 0 Å². The fourth-order valence-electron chi connectivity index (χ4n) is 4.56. The minimum atomic E-state index is -0.794. The first-order valence-corrected chi connectivity index (χ1v) is 11.9. The summed E-state index contributed by atoms with van der Waals surface area (Å²) in [5.41, 5.74) is 1.65. The number of carbonyl (C=O) groups is 3. The highest BCUT2D eigenvalue weighted by Crippen LogP contribution is 2.32. The minimum absolute atomic E-state index is 0.158. The summed E-state index contributed by atoms with van der Waals surface area (Å²) >= 11 is 0. The van der Waals surface area contributed by atoms with E-state index in [1.54, 1.807) is 34.9 Å². The Balaban J connectivity index is 1.15. The van der Waals surface area contributed by atoms with Gasteiger partial charge in [-0.3, -0.25) is 14.7 Å². The van der Waals surface area contributed by atoms with Crippen LogP contribution in [0.25, 0.3) is 11.0 Å². The molecule has 1 fully saturated rings. The zero-order valence-electron chi connectivity index (χ0n) is 19.5. The molecule has 2 aromatic carbocycles. The van der Waals surface area contributed by atoms with Gasteiger partial charge in [-0.25, -0.2) is 14.4 Å². The number of hydrogen-bond donors (Lipinski definition) is 3. The number of H-pyrrole nitrogens is 1. The molecule has 0 atom stereocenters. The smallest absolute Gasteiger partial charge is 0.338 e. The summed E-state index contributed by atoms with van der Waals surface area (Å²) in [5, 5.41) is 4.64. The molecule has 3 aromatic rings. The molecule has 11 heteroatoms. The number of carbonyl (C=O) groups excluding carboxylic acids is 3. The Kier molecular flexibility index (Phi) is 6.61. The number of nitrogens with zero attached hydrogens (tertiary/aromatic N) is 1. The maximum Gasteiger partial charge on any atom is 0.338 e. The van der Waals surface area contributed by atoms with Gasteiger partial charge in [0.1, 0.15) is 0 Å². The first-order chi connectivity index (χ1) is 17.5. The SMILES string of the molecule is O=C(COC(=O)c1ccc2c(c1)[nH]c(=O)n2C1CCCC1)NC(=O)Nc1ccc2c(c1)OCCCO2. The van der Waals surface area contributed by atoms with Crippen LogP contribution in [0.3, 0.4) is 0 Å². The molecule has 0 radical (unpaired) electrons. The van der Waals surface area contributed by atoms with Crippen molar-refractivity contribution in [2.75, 3.05) is 25.1 Å². The van der Waals surface area contributed by atoms with E-state index in [9.17, 15) is 19.2 Å². The zero-order chi connectivity index (χ0) is 25.1. The van der Waals surface area contributed by atoms with Gasteiger partial charge < -0.3 is 24.5 Å². The third-order valence-electron chi connectivity index (χ3n) is 6.23. The standard InChI is InChI=1S/C25H26N4O7/c30-22(28-24(32)26-16-7-9-20-21(13-16)35-11-3-10-34-20)14-36-23(31)15-6-8-19-18(12-15)27-25(33)29(19)17-4-1-2-5-17/h6-9,12-13,17H,1-5,10-11,14H2,(H,27,33)(H2,26,28,30,32). The Labute approximate surface area is 205 Å². The number of urea groups is 1. The van der Waals surface area contributed by atoms with Crippen LogP contribution in [0.15, 0.2) is 41.2 Å². The minimum Gasteiger partial charge on any atom is -0.490 e. The molecule has 1 aromatic heterocycles. The number of amides is 3. The number of imide groups is 1. The fraction of sp³-hybridized carbons (Fsp3) is 0.360. The lowest BCUT2D eigenvalue weighted by atomic mass is 10.2. The summed E-state index contributed by atoms with van der Waals surface area (Å²) in [6.45, 7) is 0.402. The first kappa shape index (κ1) is 23.5. The van der Waals surface area contributed by atoms with Crippen LogP contribution in [-0.2, 0) is 9.53 Å². The highest BCUT2D eigenvalue weighted by molar-refractivity contribution is 6.02. The molecule has 1 saturated carbocycles. The van der Waals surface area contributed by atoms with Crippen LogP contribution in [-0.4, -0.2) is 47.3 Å². The maximum atomic E-state index is 12.5. The molecule has 0 bridgehead atoms. The number of benzene rings is 2. The van der Waals surface area contributed by atoms with E-state index < -0.39 is 24.5 Å². The number of anilines is 1. The second kappa shape index (κ2) is 10.1. The normalized spacial score (nSPS) is 15.3. The van der Waals surface area contributed by atoms with Crippen molar-refractivity contribution in [3.05, 3.63) is 52.4 Å². The highest BCUT2D eigenvalue weighted by Gasteiger charge is 2.22. The van der Waals surface area contributed by atoms with Crippen molar-refractivity contribution in [2.45, 2.75) is 38.1 Å². The van der Waals surface area contributed by atoms with Crippen LogP contribution in [0.1, 0.15) is 48.5 Å². The predicted octanol–water partition coefficient (Wildman–Crippen LogP) is 3.11. The van der Waals surface area contributed by atoms with E-state index in [0.29, 0.717) is 35.9 Å². The number of rotatable bonds is 5. The molecular formula is C25H26N4O7. The molecule has 2 aliphatic rings. The van der Waals surface area contributed by atoms with Crippen molar-refractivity contribution >= 4 is 34.6 Å². The highest BCUT2D eigenvalue weighted by atomic mass is 16.5.